The van der Waals surface area contributed by atoms with Gasteiger partial charge in [0, 0.05) is 18.8 Å². The van der Waals surface area contributed by atoms with Crippen LogP contribution in [0.4, 0.5) is 23.2 Å². The molecule has 1 aromatic carbocycles. The molecule has 1 fully saturated rings. The molecule has 0 bridgehead atoms. The van der Waals surface area contributed by atoms with E-state index in [2.05, 4.69) is 5.32 Å². The molecule has 6 heteroatoms. The zero-order valence-corrected chi connectivity index (χ0v) is 8.97. The molecule has 1 saturated heterocycles. The van der Waals surface area contributed by atoms with Crippen molar-refractivity contribution < 1.29 is 17.6 Å². The van der Waals surface area contributed by atoms with Crippen molar-refractivity contribution in [2.24, 2.45) is 0 Å². The lowest BCUT2D eigenvalue weighted by Gasteiger charge is -2.32. The number of anilines is 1. The summed E-state index contributed by atoms with van der Waals surface area (Å²) in [6.45, 7) is 1.00. The van der Waals surface area contributed by atoms with Gasteiger partial charge in [0.25, 0.3) is 0 Å². The number of benzene rings is 1. The summed E-state index contributed by atoms with van der Waals surface area (Å²) in [7, 11) is 0. The van der Waals surface area contributed by atoms with Gasteiger partial charge in [0.15, 0.2) is 6.30 Å². The molecule has 17 heavy (non-hydrogen) atoms. The predicted octanol–water partition coefficient (Wildman–Crippen LogP) is 2.41. The van der Waals surface area contributed by atoms with E-state index in [4.69, 9.17) is 0 Å². The fourth-order valence-electron chi connectivity index (χ4n) is 1.82. The van der Waals surface area contributed by atoms with Gasteiger partial charge in [-0.2, -0.15) is 13.2 Å². The van der Waals surface area contributed by atoms with Crippen molar-refractivity contribution in [1.29, 1.82) is 0 Å². The first-order valence-corrected chi connectivity index (χ1v) is 5.26. The zero-order chi connectivity index (χ0) is 12.5. The molecule has 1 unspecified atom stereocenters. The molecule has 2 rings (SSSR count). The molecule has 0 spiro atoms. The standard InChI is InChI=1S/C11H12F4N2/c12-10-7-17(5-4-16-10)9-3-1-2-8(6-9)11(13,14)15/h1-3,6,10,16H,4-5,7H2. The summed E-state index contributed by atoms with van der Waals surface area (Å²) in [5.74, 6) is 0. The van der Waals surface area contributed by atoms with E-state index in [1.54, 1.807) is 11.0 Å². The highest BCUT2D eigenvalue weighted by Crippen LogP contribution is 2.31. The minimum Gasteiger partial charge on any atom is -0.366 e. The molecular formula is C11H12F4N2. The van der Waals surface area contributed by atoms with Gasteiger partial charge in [-0.25, -0.2) is 4.39 Å². The van der Waals surface area contributed by atoms with Gasteiger partial charge in [0.2, 0.25) is 0 Å². The van der Waals surface area contributed by atoms with Crippen molar-refractivity contribution in [3.63, 3.8) is 0 Å². The van der Waals surface area contributed by atoms with E-state index in [9.17, 15) is 17.6 Å². The van der Waals surface area contributed by atoms with Crippen LogP contribution in [0, 0.1) is 0 Å². The van der Waals surface area contributed by atoms with Gasteiger partial charge in [-0.3, -0.25) is 5.32 Å². The van der Waals surface area contributed by atoms with E-state index in [1.807, 2.05) is 0 Å². The molecule has 1 aliphatic rings. The number of alkyl halides is 4. The average Bonchev–Trinajstić information content (AvgIpc) is 2.28. The molecule has 1 aliphatic heterocycles. The van der Waals surface area contributed by atoms with Gasteiger partial charge >= 0.3 is 6.18 Å². The fraction of sp³-hybridized carbons (Fsp3) is 0.455. The Morgan fingerprint density at radius 2 is 2.06 bits per heavy atom. The first-order valence-electron chi connectivity index (χ1n) is 5.26. The van der Waals surface area contributed by atoms with Crippen LogP contribution < -0.4 is 10.2 Å². The Kier molecular flexibility index (Phi) is 3.24. The third kappa shape index (κ3) is 2.88. The molecule has 0 aliphatic carbocycles. The second-order valence-corrected chi connectivity index (χ2v) is 3.92. The number of piperazine rings is 1. The van der Waals surface area contributed by atoms with Crippen molar-refractivity contribution in [3.8, 4) is 0 Å². The van der Waals surface area contributed by atoms with Gasteiger partial charge in [-0.05, 0) is 18.2 Å². The van der Waals surface area contributed by atoms with Crippen molar-refractivity contribution >= 4 is 5.69 Å². The molecule has 1 N–H and O–H groups in total. The number of halogens is 4. The largest absolute Gasteiger partial charge is 0.416 e. The Bertz CT molecular complexity index is 391. The normalized spacial score (nSPS) is 21.6. The van der Waals surface area contributed by atoms with Crippen molar-refractivity contribution in [2.45, 2.75) is 12.5 Å². The van der Waals surface area contributed by atoms with Crippen molar-refractivity contribution in [2.75, 3.05) is 24.5 Å². The van der Waals surface area contributed by atoms with Crippen LogP contribution in [0.25, 0.3) is 0 Å². The van der Waals surface area contributed by atoms with Crippen molar-refractivity contribution in [1.82, 2.24) is 5.32 Å². The number of rotatable bonds is 1. The fourth-order valence-corrected chi connectivity index (χ4v) is 1.82. The summed E-state index contributed by atoms with van der Waals surface area (Å²) in [5.41, 5.74) is -0.298. The minimum absolute atomic E-state index is 0.0707. The third-order valence-electron chi connectivity index (χ3n) is 2.67. The Hall–Kier alpha value is -1.30. The summed E-state index contributed by atoms with van der Waals surface area (Å²) < 4.78 is 50.6. The van der Waals surface area contributed by atoms with Crippen LogP contribution in [0.3, 0.4) is 0 Å². The molecule has 0 saturated carbocycles. The SMILES string of the molecule is FC1CN(c2cccc(C(F)(F)F)c2)CCN1. The van der Waals surface area contributed by atoms with Crippen LogP contribution in [0.15, 0.2) is 24.3 Å². The molecular weight excluding hydrogens is 236 g/mol. The number of nitrogens with zero attached hydrogens (tertiary/aromatic N) is 1. The van der Waals surface area contributed by atoms with Crippen LogP contribution in [-0.2, 0) is 6.18 Å². The lowest BCUT2D eigenvalue weighted by molar-refractivity contribution is -0.137. The maximum atomic E-state index is 13.1. The Balaban J connectivity index is 2.21. The Morgan fingerprint density at radius 1 is 1.29 bits per heavy atom. The molecule has 1 heterocycles. The van der Waals surface area contributed by atoms with Crippen LogP contribution >= 0.6 is 0 Å². The highest BCUT2D eigenvalue weighted by Gasteiger charge is 2.31. The summed E-state index contributed by atoms with van der Waals surface area (Å²) in [6, 6.07) is 4.97. The summed E-state index contributed by atoms with van der Waals surface area (Å²) in [4.78, 5) is 1.61. The van der Waals surface area contributed by atoms with Crippen molar-refractivity contribution in [3.05, 3.63) is 29.8 Å². The summed E-state index contributed by atoms with van der Waals surface area (Å²) in [6.07, 6.45) is -5.56. The average molecular weight is 248 g/mol. The minimum atomic E-state index is -4.36. The second kappa shape index (κ2) is 4.52. The van der Waals surface area contributed by atoms with E-state index in [-0.39, 0.29) is 6.54 Å². The molecule has 0 amide bonds. The smallest absolute Gasteiger partial charge is 0.366 e. The molecule has 2 nitrogen and oxygen atoms in total. The Labute approximate surface area is 96.2 Å². The van der Waals surface area contributed by atoms with E-state index in [0.717, 1.165) is 12.1 Å². The van der Waals surface area contributed by atoms with Crippen LogP contribution in [0.2, 0.25) is 0 Å². The van der Waals surface area contributed by atoms with Gasteiger partial charge in [-0.15, -0.1) is 0 Å². The zero-order valence-electron chi connectivity index (χ0n) is 8.97. The highest BCUT2D eigenvalue weighted by molar-refractivity contribution is 5.49. The number of hydrogen-bond acceptors (Lipinski definition) is 2. The molecule has 1 atom stereocenters. The maximum absolute atomic E-state index is 13.1. The van der Waals surface area contributed by atoms with E-state index < -0.39 is 18.0 Å². The molecule has 94 valence electrons. The van der Waals surface area contributed by atoms with Gasteiger partial charge in [0.05, 0.1) is 12.1 Å². The molecule has 1 aromatic rings. The lowest BCUT2D eigenvalue weighted by Crippen LogP contribution is -2.48. The van der Waals surface area contributed by atoms with Crippen LogP contribution in [-0.4, -0.2) is 25.9 Å². The summed E-state index contributed by atoms with van der Waals surface area (Å²) in [5, 5.41) is 2.60. The monoisotopic (exact) mass is 248 g/mol. The van der Waals surface area contributed by atoms with E-state index >= 15 is 0 Å². The van der Waals surface area contributed by atoms with Gasteiger partial charge in [0.1, 0.15) is 0 Å². The first kappa shape index (κ1) is 12.2. The number of hydrogen-bond donors (Lipinski definition) is 1. The second-order valence-electron chi connectivity index (χ2n) is 3.92. The third-order valence-corrected chi connectivity index (χ3v) is 2.67. The lowest BCUT2D eigenvalue weighted by atomic mass is 10.1. The van der Waals surface area contributed by atoms with E-state index in [0.29, 0.717) is 18.8 Å². The van der Waals surface area contributed by atoms with Gasteiger partial charge in [-0.1, -0.05) is 6.07 Å². The number of nitrogens with one attached hydrogen (secondary N) is 1. The quantitative estimate of drug-likeness (QED) is 0.606. The Morgan fingerprint density at radius 3 is 2.71 bits per heavy atom. The topological polar surface area (TPSA) is 15.3 Å². The maximum Gasteiger partial charge on any atom is 0.416 e. The van der Waals surface area contributed by atoms with Crippen LogP contribution in [0.1, 0.15) is 5.56 Å². The van der Waals surface area contributed by atoms with E-state index in [1.165, 1.54) is 6.07 Å². The molecule has 0 aromatic heterocycles. The van der Waals surface area contributed by atoms with Gasteiger partial charge < -0.3 is 4.90 Å². The first-order chi connectivity index (χ1) is 7.97. The predicted molar refractivity (Wildman–Crippen MR) is 56.6 cm³/mol. The summed E-state index contributed by atoms with van der Waals surface area (Å²) >= 11 is 0. The van der Waals surface area contributed by atoms with Crippen LogP contribution in [0.5, 0.6) is 0 Å². The highest BCUT2D eigenvalue weighted by atomic mass is 19.4. The molecule has 0 radical (unpaired) electrons.